The summed E-state index contributed by atoms with van der Waals surface area (Å²) < 4.78 is 2.44. The molecule has 5 rings (SSSR count). The number of benzene rings is 3. The first-order valence-corrected chi connectivity index (χ1v) is 11.7. The molecule has 1 unspecified atom stereocenters. The predicted octanol–water partition coefficient (Wildman–Crippen LogP) is 5.60. The average molecular weight is 423 g/mol. The van der Waals surface area contributed by atoms with Gasteiger partial charge in [0, 0.05) is 12.3 Å². The summed E-state index contributed by atoms with van der Waals surface area (Å²) in [5.74, 6) is 0.609. The molecule has 32 heavy (non-hydrogen) atoms. The molecule has 0 saturated carbocycles. The highest BCUT2D eigenvalue weighted by Crippen LogP contribution is 2.43. The van der Waals surface area contributed by atoms with Gasteiger partial charge in [-0.1, -0.05) is 91.0 Å². The molecule has 3 aromatic carbocycles. The van der Waals surface area contributed by atoms with Crippen molar-refractivity contribution in [3.8, 4) is 0 Å². The number of aliphatic hydroxyl groups excluding tert-OH is 1. The van der Waals surface area contributed by atoms with E-state index in [1.54, 1.807) is 0 Å². The lowest BCUT2D eigenvalue weighted by Gasteiger charge is -2.39. The fourth-order valence-corrected chi connectivity index (χ4v) is 5.43. The maximum Gasteiger partial charge on any atom is 0.121 e. The Morgan fingerprint density at radius 2 is 1.34 bits per heavy atom. The summed E-state index contributed by atoms with van der Waals surface area (Å²) in [4.78, 5) is 4.96. The zero-order valence-corrected chi connectivity index (χ0v) is 18.4. The van der Waals surface area contributed by atoms with Crippen molar-refractivity contribution in [2.24, 2.45) is 5.92 Å². The maximum atomic E-state index is 9.26. The first kappa shape index (κ1) is 20.7. The standard InChI is InChI=1S/C29H30N2O/c32-20-10-11-23-18-19-28-27(21-23)30-22-31(28)29(24-12-4-1-5-13-24,25-14-6-2-7-15-25)26-16-8-3-9-17-26/h1-9,12-17,22-23,32H,10-11,18-21H2. The van der Waals surface area contributed by atoms with Crippen LogP contribution in [0, 0.1) is 5.92 Å². The van der Waals surface area contributed by atoms with E-state index in [0.29, 0.717) is 5.92 Å². The number of hydrogen-bond donors (Lipinski definition) is 1. The first-order chi connectivity index (χ1) is 15.8. The molecule has 3 nitrogen and oxygen atoms in total. The Kier molecular flexibility index (Phi) is 5.91. The van der Waals surface area contributed by atoms with Crippen LogP contribution in [0.3, 0.4) is 0 Å². The summed E-state index contributed by atoms with van der Waals surface area (Å²) >= 11 is 0. The van der Waals surface area contributed by atoms with Crippen LogP contribution >= 0.6 is 0 Å². The smallest absolute Gasteiger partial charge is 0.121 e. The number of imidazole rings is 1. The lowest BCUT2D eigenvalue weighted by molar-refractivity contribution is 0.265. The van der Waals surface area contributed by atoms with Gasteiger partial charge in [0.1, 0.15) is 5.54 Å². The second-order valence-corrected chi connectivity index (χ2v) is 8.79. The van der Waals surface area contributed by atoms with Crippen LogP contribution in [0.4, 0.5) is 0 Å². The molecule has 3 heteroatoms. The molecule has 0 spiro atoms. The van der Waals surface area contributed by atoms with E-state index >= 15 is 0 Å². The van der Waals surface area contributed by atoms with Crippen LogP contribution in [-0.4, -0.2) is 21.3 Å². The Morgan fingerprint density at radius 1 is 0.812 bits per heavy atom. The van der Waals surface area contributed by atoms with E-state index in [0.717, 1.165) is 32.1 Å². The number of hydrogen-bond acceptors (Lipinski definition) is 2. The monoisotopic (exact) mass is 422 g/mol. The van der Waals surface area contributed by atoms with Crippen LogP contribution in [0.1, 0.15) is 47.3 Å². The van der Waals surface area contributed by atoms with Crippen molar-refractivity contribution in [3.05, 3.63) is 125 Å². The molecule has 1 N–H and O–H groups in total. The van der Waals surface area contributed by atoms with Gasteiger partial charge in [0.25, 0.3) is 0 Å². The van der Waals surface area contributed by atoms with Crippen molar-refractivity contribution < 1.29 is 5.11 Å². The molecule has 1 aliphatic rings. The van der Waals surface area contributed by atoms with Crippen LogP contribution < -0.4 is 0 Å². The van der Waals surface area contributed by atoms with Gasteiger partial charge in [-0.05, 0) is 54.7 Å². The average Bonchev–Trinajstić information content (AvgIpc) is 3.29. The van der Waals surface area contributed by atoms with E-state index in [1.807, 2.05) is 0 Å². The Hall–Kier alpha value is -3.17. The zero-order chi connectivity index (χ0) is 21.8. The fourth-order valence-electron chi connectivity index (χ4n) is 5.43. The topological polar surface area (TPSA) is 38.1 Å². The lowest BCUT2D eigenvalue weighted by Crippen LogP contribution is -2.39. The molecule has 0 fully saturated rings. The van der Waals surface area contributed by atoms with Crippen molar-refractivity contribution in [3.63, 3.8) is 0 Å². The van der Waals surface area contributed by atoms with Gasteiger partial charge in [0.15, 0.2) is 0 Å². The van der Waals surface area contributed by atoms with Gasteiger partial charge in [-0.15, -0.1) is 0 Å². The highest BCUT2D eigenvalue weighted by molar-refractivity contribution is 5.51. The molecular formula is C29H30N2O. The van der Waals surface area contributed by atoms with E-state index in [4.69, 9.17) is 4.98 Å². The normalized spacial score (nSPS) is 16.0. The summed E-state index contributed by atoms with van der Waals surface area (Å²) in [6.45, 7) is 0.275. The van der Waals surface area contributed by atoms with Crippen molar-refractivity contribution in [1.29, 1.82) is 0 Å². The molecule has 1 heterocycles. The molecule has 0 saturated heterocycles. The van der Waals surface area contributed by atoms with Crippen LogP contribution in [0.25, 0.3) is 0 Å². The van der Waals surface area contributed by atoms with Crippen molar-refractivity contribution >= 4 is 0 Å². The summed E-state index contributed by atoms with van der Waals surface area (Å²) in [6, 6.07) is 32.4. The lowest BCUT2D eigenvalue weighted by atomic mass is 9.76. The largest absolute Gasteiger partial charge is 0.396 e. The minimum Gasteiger partial charge on any atom is -0.396 e. The van der Waals surface area contributed by atoms with Crippen molar-refractivity contribution in [1.82, 2.24) is 9.55 Å². The third-order valence-electron chi connectivity index (χ3n) is 6.93. The Balaban J connectivity index is 1.73. The Morgan fingerprint density at radius 3 is 1.84 bits per heavy atom. The molecule has 0 bridgehead atoms. The van der Waals surface area contributed by atoms with Gasteiger partial charge in [-0.2, -0.15) is 0 Å². The molecule has 1 atom stereocenters. The van der Waals surface area contributed by atoms with Gasteiger partial charge < -0.3 is 9.67 Å². The third kappa shape index (κ3) is 3.57. The van der Waals surface area contributed by atoms with Gasteiger partial charge in [-0.25, -0.2) is 4.98 Å². The highest BCUT2D eigenvalue weighted by Gasteiger charge is 2.41. The maximum absolute atomic E-state index is 9.26. The molecular weight excluding hydrogens is 392 g/mol. The minimum atomic E-state index is -0.484. The van der Waals surface area contributed by atoms with Gasteiger partial charge in [0.2, 0.25) is 0 Å². The van der Waals surface area contributed by atoms with Crippen LogP contribution in [0.2, 0.25) is 0 Å². The molecule has 1 aliphatic carbocycles. The van der Waals surface area contributed by atoms with E-state index < -0.39 is 5.54 Å². The van der Waals surface area contributed by atoms with E-state index in [1.165, 1.54) is 28.1 Å². The SMILES string of the molecule is OCCCC1CCc2c(ncn2C(c2ccccc2)(c2ccccc2)c2ccccc2)C1. The third-order valence-corrected chi connectivity index (χ3v) is 6.93. The molecule has 162 valence electrons. The fraction of sp³-hybridized carbons (Fsp3) is 0.276. The van der Waals surface area contributed by atoms with Crippen molar-refractivity contribution in [2.45, 2.75) is 37.6 Å². The van der Waals surface area contributed by atoms with Gasteiger partial charge in [0.05, 0.1) is 12.0 Å². The molecule has 0 radical (unpaired) electrons. The number of fused-ring (bicyclic) bond motifs is 1. The predicted molar refractivity (Wildman–Crippen MR) is 129 cm³/mol. The Bertz CT molecular complexity index is 1040. The Labute approximate surface area is 190 Å². The summed E-state index contributed by atoms with van der Waals surface area (Å²) in [6.07, 6.45) is 7.17. The van der Waals surface area contributed by atoms with Crippen LogP contribution in [-0.2, 0) is 18.4 Å². The highest BCUT2D eigenvalue weighted by atomic mass is 16.2. The summed E-state index contributed by atoms with van der Waals surface area (Å²) in [7, 11) is 0. The molecule has 4 aromatic rings. The van der Waals surface area contributed by atoms with E-state index in [9.17, 15) is 5.11 Å². The van der Waals surface area contributed by atoms with Gasteiger partial charge >= 0.3 is 0 Å². The number of rotatable bonds is 7. The minimum absolute atomic E-state index is 0.275. The summed E-state index contributed by atoms with van der Waals surface area (Å²) in [5, 5.41) is 9.26. The van der Waals surface area contributed by atoms with E-state index in [2.05, 4.69) is 102 Å². The van der Waals surface area contributed by atoms with Crippen molar-refractivity contribution in [2.75, 3.05) is 6.61 Å². The van der Waals surface area contributed by atoms with Crippen LogP contribution in [0.5, 0.6) is 0 Å². The van der Waals surface area contributed by atoms with Crippen LogP contribution in [0.15, 0.2) is 97.3 Å². The summed E-state index contributed by atoms with van der Waals surface area (Å²) in [5.41, 5.74) is 5.77. The number of aromatic nitrogens is 2. The quantitative estimate of drug-likeness (QED) is 0.394. The second kappa shape index (κ2) is 9.13. The first-order valence-electron chi connectivity index (χ1n) is 11.7. The molecule has 1 aromatic heterocycles. The van der Waals surface area contributed by atoms with E-state index in [-0.39, 0.29) is 6.61 Å². The number of aliphatic hydroxyl groups is 1. The number of nitrogens with zero attached hydrogens (tertiary/aromatic N) is 2. The van der Waals surface area contributed by atoms with Gasteiger partial charge in [-0.3, -0.25) is 0 Å². The molecule has 0 aliphatic heterocycles. The molecule has 0 amide bonds. The zero-order valence-electron chi connectivity index (χ0n) is 18.4. The second-order valence-electron chi connectivity index (χ2n) is 8.79.